The van der Waals surface area contributed by atoms with Crippen LogP contribution in [-0.2, 0) is 11.3 Å². The maximum atomic E-state index is 13.7. The Labute approximate surface area is 104 Å². The largest absolute Gasteiger partial charge is 0.380 e. The van der Waals surface area contributed by atoms with Gasteiger partial charge in [0, 0.05) is 32.3 Å². The van der Waals surface area contributed by atoms with Crippen molar-refractivity contribution >= 4 is 15.9 Å². The number of benzene rings is 1. The summed E-state index contributed by atoms with van der Waals surface area (Å²) >= 11 is 3.20. The Morgan fingerprint density at radius 2 is 2.38 bits per heavy atom. The van der Waals surface area contributed by atoms with Crippen molar-refractivity contribution in [3.05, 3.63) is 34.1 Å². The van der Waals surface area contributed by atoms with Crippen LogP contribution in [0.15, 0.2) is 22.7 Å². The zero-order valence-corrected chi connectivity index (χ0v) is 10.8. The van der Waals surface area contributed by atoms with E-state index in [1.807, 2.05) is 12.1 Å². The first kappa shape index (κ1) is 12.0. The van der Waals surface area contributed by atoms with Gasteiger partial charge in [0.05, 0.1) is 10.6 Å². The number of ether oxygens (including phenoxy) is 1. The molecule has 0 N–H and O–H groups in total. The summed E-state index contributed by atoms with van der Waals surface area (Å²) in [6, 6.07) is 5.42. The molecule has 1 fully saturated rings. The van der Waals surface area contributed by atoms with Crippen LogP contribution < -0.4 is 0 Å². The highest BCUT2D eigenvalue weighted by Gasteiger charge is 2.22. The fraction of sp³-hybridized carbons (Fsp3) is 0.500. The number of rotatable bonds is 3. The molecular formula is C12H15BrFNO. The zero-order valence-electron chi connectivity index (χ0n) is 9.25. The van der Waals surface area contributed by atoms with Crippen LogP contribution in [0.25, 0.3) is 0 Å². The van der Waals surface area contributed by atoms with Gasteiger partial charge in [-0.15, -0.1) is 0 Å². The second kappa shape index (κ2) is 5.25. The normalized spacial score (nSPS) is 21.6. The van der Waals surface area contributed by atoms with Gasteiger partial charge in [-0.2, -0.15) is 0 Å². The predicted octanol–water partition coefficient (Wildman–Crippen LogP) is 2.81. The van der Waals surface area contributed by atoms with Crippen molar-refractivity contribution in [3.63, 3.8) is 0 Å². The second-order valence-electron chi connectivity index (χ2n) is 4.09. The molecule has 2 rings (SSSR count). The van der Waals surface area contributed by atoms with Crippen molar-refractivity contribution < 1.29 is 9.13 Å². The number of likely N-dealkylation sites (tertiary alicyclic amines) is 1. The molecule has 2 nitrogen and oxygen atoms in total. The molecule has 1 atom stereocenters. The van der Waals surface area contributed by atoms with Gasteiger partial charge in [-0.05, 0) is 28.4 Å². The summed E-state index contributed by atoms with van der Waals surface area (Å²) in [7, 11) is 1.73. The Balaban J connectivity index is 2.02. The molecule has 1 aliphatic rings. The van der Waals surface area contributed by atoms with Gasteiger partial charge in [-0.3, -0.25) is 4.90 Å². The van der Waals surface area contributed by atoms with E-state index in [1.54, 1.807) is 13.2 Å². The molecule has 16 heavy (non-hydrogen) atoms. The predicted molar refractivity (Wildman–Crippen MR) is 64.8 cm³/mol. The number of hydrogen-bond donors (Lipinski definition) is 0. The lowest BCUT2D eigenvalue weighted by Crippen LogP contribution is -2.22. The maximum Gasteiger partial charge on any atom is 0.141 e. The third-order valence-corrected chi connectivity index (χ3v) is 3.60. The van der Waals surface area contributed by atoms with Crippen molar-refractivity contribution in [2.75, 3.05) is 20.2 Å². The van der Waals surface area contributed by atoms with Gasteiger partial charge in [0.15, 0.2) is 0 Å². The average molecular weight is 288 g/mol. The van der Waals surface area contributed by atoms with E-state index in [0.29, 0.717) is 17.1 Å². The van der Waals surface area contributed by atoms with E-state index in [4.69, 9.17) is 4.74 Å². The summed E-state index contributed by atoms with van der Waals surface area (Å²) in [5.41, 5.74) is 0.742. The monoisotopic (exact) mass is 287 g/mol. The first-order valence-electron chi connectivity index (χ1n) is 5.38. The van der Waals surface area contributed by atoms with Crippen LogP contribution in [-0.4, -0.2) is 31.2 Å². The van der Waals surface area contributed by atoms with Crippen molar-refractivity contribution in [2.24, 2.45) is 0 Å². The Bertz CT molecular complexity index is 372. The lowest BCUT2D eigenvalue weighted by Gasteiger charge is -2.16. The average Bonchev–Trinajstić information content (AvgIpc) is 2.73. The minimum absolute atomic E-state index is 0.150. The Morgan fingerprint density at radius 1 is 1.56 bits per heavy atom. The summed E-state index contributed by atoms with van der Waals surface area (Å²) in [5, 5.41) is 0. The molecule has 1 aliphatic heterocycles. The smallest absolute Gasteiger partial charge is 0.141 e. The van der Waals surface area contributed by atoms with Gasteiger partial charge in [-0.1, -0.05) is 12.1 Å². The number of halogens is 2. The lowest BCUT2D eigenvalue weighted by atomic mass is 10.2. The highest BCUT2D eigenvalue weighted by atomic mass is 79.9. The highest BCUT2D eigenvalue weighted by Crippen LogP contribution is 2.22. The van der Waals surface area contributed by atoms with E-state index in [9.17, 15) is 4.39 Å². The fourth-order valence-electron chi connectivity index (χ4n) is 2.04. The molecule has 0 spiro atoms. The molecule has 88 valence electrons. The van der Waals surface area contributed by atoms with Gasteiger partial charge in [0.25, 0.3) is 0 Å². The Morgan fingerprint density at radius 3 is 3.06 bits per heavy atom. The van der Waals surface area contributed by atoms with Gasteiger partial charge in [0.1, 0.15) is 5.82 Å². The molecule has 0 aliphatic carbocycles. The first-order valence-corrected chi connectivity index (χ1v) is 6.18. The topological polar surface area (TPSA) is 12.5 Å². The molecule has 1 heterocycles. The summed E-state index contributed by atoms with van der Waals surface area (Å²) in [5.74, 6) is -0.150. The number of nitrogens with zero attached hydrogens (tertiary/aromatic N) is 1. The summed E-state index contributed by atoms with van der Waals surface area (Å²) in [4.78, 5) is 2.22. The second-order valence-corrected chi connectivity index (χ2v) is 4.95. The van der Waals surface area contributed by atoms with Gasteiger partial charge in [0.2, 0.25) is 0 Å². The van der Waals surface area contributed by atoms with Crippen molar-refractivity contribution in [1.82, 2.24) is 4.90 Å². The molecule has 0 bridgehead atoms. The molecule has 0 radical (unpaired) electrons. The minimum atomic E-state index is -0.150. The van der Waals surface area contributed by atoms with Crippen LogP contribution >= 0.6 is 15.9 Å². The SMILES string of the molecule is CO[C@H]1CCN(Cc2cccc(Br)c2F)C1. The van der Waals surface area contributed by atoms with Gasteiger partial charge >= 0.3 is 0 Å². The van der Waals surface area contributed by atoms with Gasteiger partial charge < -0.3 is 4.74 Å². The fourth-order valence-corrected chi connectivity index (χ4v) is 2.45. The zero-order chi connectivity index (χ0) is 11.5. The quantitative estimate of drug-likeness (QED) is 0.848. The molecule has 0 amide bonds. The summed E-state index contributed by atoms with van der Waals surface area (Å²) in [6.45, 7) is 2.53. The maximum absolute atomic E-state index is 13.7. The first-order chi connectivity index (χ1) is 7.70. The van der Waals surface area contributed by atoms with Crippen LogP contribution in [0.4, 0.5) is 4.39 Å². The van der Waals surface area contributed by atoms with Crippen LogP contribution in [0.2, 0.25) is 0 Å². The Hall–Kier alpha value is -0.450. The molecule has 0 aromatic heterocycles. The summed E-state index contributed by atoms with van der Waals surface area (Å²) < 4.78 is 19.6. The van der Waals surface area contributed by atoms with E-state index in [-0.39, 0.29) is 5.82 Å². The van der Waals surface area contributed by atoms with E-state index in [2.05, 4.69) is 20.8 Å². The van der Waals surface area contributed by atoms with E-state index in [1.165, 1.54) is 0 Å². The standard InChI is InChI=1S/C12H15BrFNO/c1-16-10-5-6-15(8-10)7-9-3-2-4-11(13)12(9)14/h2-4,10H,5-8H2,1H3/t10-/m0/s1. The number of methoxy groups -OCH3 is 1. The molecule has 4 heteroatoms. The third-order valence-electron chi connectivity index (χ3n) is 2.99. The van der Waals surface area contributed by atoms with Crippen molar-refractivity contribution in [3.8, 4) is 0 Å². The highest BCUT2D eigenvalue weighted by molar-refractivity contribution is 9.10. The molecule has 0 unspecified atom stereocenters. The van der Waals surface area contributed by atoms with Crippen LogP contribution in [0.1, 0.15) is 12.0 Å². The van der Waals surface area contributed by atoms with E-state index < -0.39 is 0 Å². The molecule has 1 aromatic carbocycles. The lowest BCUT2D eigenvalue weighted by molar-refractivity contribution is 0.107. The third kappa shape index (κ3) is 2.62. The molecule has 0 saturated carbocycles. The summed E-state index contributed by atoms with van der Waals surface area (Å²) in [6.07, 6.45) is 1.33. The van der Waals surface area contributed by atoms with Crippen molar-refractivity contribution in [2.45, 2.75) is 19.1 Å². The van der Waals surface area contributed by atoms with Crippen LogP contribution in [0, 0.1) is 5.82 Å². The van der Waals surface area contributed by atoms with Crippen molar-refractivity contribution in [1.29, 1.82) is 0 Å². The molecular weight excluding hydrogens is 273 g/mol. The minimum Gasteiger partial charge on any atom is -0.380 e. The Kier molecular flexibility index (Phi) is 3.95. The van der Waals surface area contributed by atoms with E-state index >= 15 is 0 Å². The molecule has 1 saturated heterocycles. The van der Waals surface area contributed by atoms with Crippen LogP contribution in [0.5, 0.6) is 0 Å². The molecule has 1 aromatic rings. The number of hydrogen-bond acceptors (Lipinski definition) is 2. The van der Waals surface area contributed by atoms with Crippen LogP contribution in [0.3, 0.4) is 0 Å². The van der Waals surface area contributed by atoms with Gasteiger partial charge in [-0.25, -0.2) is 4.39 Å². The van der Waals surface area contributed by atoms with E-state index in [0.717, 1.165) is 25.1 Å².